The first-order chi connectivity index (χ1) is 9.79. The molecule has 0 radical (unpaired) electrons. The van der Waals surface area contributed by atoms with Crippen LogP contribution in [-0.2, 0) is 4.74 Å². The molecule has 2 aromatic carbocycles. The summed E-state index contributed by atoms with van der Waals surface area (Å²) in [4.78, 5) is 11.9. The Morgan fingerprint density at radius 2 is 1.65 bits per heavy atom. The van der Waals surface area contributed by atoms with E-state index >= 15 is 0 Å². The molecule has 0 fully saturated rings. The highest BCUT2D eigenvalue weighted by molar-refractivity contribution is 9.09. The topological polar surface area (TPSA) is 38.3 Å². The number of carbonyl (C=O) groups is 1. The highest BCUT2D eigenvalue weighted by Gasteiger charge is 2.12. The summed E-state index contributed by atoms with van der Waals surface area (Å²) < 4.78 is 5.32. The van der Waals surface area contributed by atoms with Gasteiger partial charge in [-0.25, -0.2) is 4.79 Å². The second kappa shape index (κ2) is 7.70. The first kappa shape index (κ1) is 14.6. The number of esters is 1. The lowest BCUT2D eigenvalue weighted by Crippen LogP contribution is -2.28. The maximum atomic E-state index is 11.9. The molecular formula is C16H16BrNO2. The van der Waals surface area contributed by atoms with Crippen molar-refractivity contribution in [3.05, 3.63) is 66.2 Å². The zero-order valence-corrected chi connectivity index (χ0v) is 12.5. The predicted octanol–water partition coefficient (Wildman–Crippen LogP) is 3.72. The van der Waals surface area contributed by atoms with E-state index in [2.05, 4.69) is 21.2 Å². The molecule has 0 amide bonds. The first-order valence-electron chi connectivity index (χ1n) is 6.39. The molecule has 104 valence electrons. The number of halogens is 1. The zero-order chi connectivity index (χ0) is 14.2. The minimum Gasteiger partial charge on any atom is -0.460 e. The van der Waals surface area contributed by atoms with E-state index in [1.54, 1.807) is 12.1 Å². The van der Waals surface area contributed by atoms with Crippen LogP contribution in [0.5, 0.6) is 0 Å². The van der Waals surface area contributed by atoms with Crippen LogP contribution in [0.15, 0.2) is 60.7 Å². The molecule has 20 heavy (non-hydrogen) atoms. The molecule has 4 heteroatoms. The van der Waals surface area contributed by atoms with Gasteiger partial charge in [-0.2, -0.15) is 0 Å². The van der Waals surface area contributed by atoms with Crippen LogP contribution < -0.4 is 5.32 Å². The summed E-state index contributed by atoms with van der Waals surface area (Å²) in [5.74, 6) is -0.300. The average Bonchev–Trinajstić information content (AvgIpc) is 2.53. The predicted molar refractivity (Wildman–Crippen MR) is 84.4 cm³/mol. The number of carbonyl (C=O) groups excluding carboxylic acids is 1. The standard InChI is InChI=1S/C16H16BrNO2/c17-11-15(18-14-9-5-2-6-10-14)12-20-16(19)13-7-3-1-4-8-13/h1-10,15,18H,11-12H2. The van der Waals surface area contributed by atoms with Crippen LogP contribution in [0.2, 0.25) is 0 Å². The quantitative estimate of drug-likeness (QED) is 0.646. The molecule has 0 spiro atoms. The van der Waals surface area contributed by atoms with Gasteiger partial charge in [0.05, 0.1) is 11.6 Å². The molecule has 2 rings (SSSR count). The van der Waals surface area contributed by atoms with Gasteiger partial charge in [0.25, 0.3) is 0 Å². The lowest BCUT2D eigenvalue weighted by atomic mass is 10.2. The number of hydrogen-bond donors (Lipinski definition) is 1. The van der Waals surface area contributed by atoms with Crippen LogP contribution in [0.25, 0.3) is 0 Å². The van der Waals surface area contributed by atoms with Gasteiger partial charge in [0.2, 0.25) is 0 Å². The van der Waals surface area contributed by atoms with Crippen molar-refractivity contribution < 1.29 is 9.53 Å². The Hall–Kier alpha value is -1.81. The largest absolute Gasteiger partial charge is 0.460 e. The van der Waals surface area contributed by atoms with E-state index in [4.69, 9.17) is 4.74 Å². The third kappa shape index (κ3) is 4.38. The molecule has 0 heterocycles. The molecule has 2 aromatic rings. The van der Waals surface area contributed by atoms with Gasteiger partial charge in [-0.3, -0.25) is 0 Å². The van der Waals surface area contributed by atoms with E-state index in [0.717, 1.165) is 5.69 Å². The van der Waals surface area contributed by atoms with Gasteiger partial charge < -0.3 is 10.1 Å². The van der Waals surface area contributed by atoms with E-state index in [0.29, 0.717) is 17.5 Å². The van der Waals surface area contributed by atoms with Crippen LogP contribution in [-0.4, -0.2) is 23.9 Å². The fourth-order valence-electron chi connectivity index (χ4n) is 1.73. The van der Waals surface area contributed by atoms with Crippen LogP contribution in [0.1, 0.15) is 10.4 Å². The summed E-state index contributed by atoms with van der Waals surface area (Å²) in [6.45, 7) is 0.313. The summed E-state index contributed by atoms with van der Waals surface area (Å²) in [5, 5.41) is 4.01. The minimum atomic E-state index is -0.300. The maximum Gasteiger partial charge on any atom is 0.338 e. The third-order valence-corrected chi connectivity index (χ3v) is 3.54. The van der Waals surface area contributed by atoms with Gasteiger partial charge in [0.1, 0.15) is 6.61 Å². The maximum absolute atomic E-state index is 11.9. The van der Waals surface area contributed by atoms with Crippen molar-refractivity contribution in [3.63, 3.8) is 0 Å². The lowest BCUT2D eigenvalue weighted by molar-refractivity contribution is 0.0496. The second-order valence-corrected chi connectivity index (χ2v) is 4.97. The Kier molecular flexibility index (Phi) is 5.62. The van der Waals surface area contributed by atoms with E-state index in [-0.39, 0.29) is 12.0 Å². The van der Waals surface area contributed by atoms with Gasteiger partial charge in [0, 0.05) is 11.0 Å². The Bertz CT molecular complexity index is 531. The van der Waals surface area contributed by atoms with Crippen molar-refractivity contribution >= 4 is 27.6 Å². The molecule has 0 aliphatic carbocycles. The molecule has 0 saturated heterocycles. The number of nitrogens with one attached hydrogen (secondary N) is 1. The second-order valence-electron chi connectivity index (χ2n) is 4.33. The van der Waals surface area contributed by atoms with Crippen molar-refractivity contribution in [3.8, 4) is 0 Å². The van der Waals surface area contributed by atoms with Gasteiger partial charge in [-0.05, 0) is 24.3 Å². The van der Waals surface area contributed by atoms with E-state index in [1.165, 1.54) is 0 Å². The number of hydrogen-bond acceptors (Lipinski definition) is 3. The molecule has 0 aliphatic heterocycles. The summed E-state index contributed by atoms with van der Waals surface area (Å²) in [5.41, 5.74) is 1.58. The highest BCUT2D eigenvalue weighted by atomic mass is 79.9. The molecule has 0 aliphatic rings. The summed E-state index contributed by atoms with van der Waals surface area (Å²) in [6, 6.07) is 18.9. The van der Waals surface area contributed by atoms with Crippen LogP contribution >= 0.6 is 15.9 Å². The fourth-order valence-corrected chi connectivity index (χ4v) is 2.08. The SMILES string of the molecule is O=C(OCC(CBr)Nc1ccccc1)c1ccccc1. The molecule has 1 N–H and O–H groups in total. The van der Waals surface area contributed by atoms with Crippen molar-refractivity contribution in [2.45, 2.75) is 6.04 Å². The van der Waals surface area contributed by atoms with Gasteiger partial charge in [0.15, 0.2) is 0 Å². The van der Waals surface area contributed by atoms with Crippen LogP contribution in [0.4, 0.5) is 5.69 Å². The number of para-hydroxylation sites is 1. The monoisotopic (exact) mass is 333 g/mol. The summed E-state index contributed by atoms with van der Waals surface area (Å²) in [6.07, 6.45) is 0. The third-order valence-electron chi connectivity index (χ3n) is 2.76. The van der Waals surface area contributed by atoms with Crippen LogP contribution in [0, 0.1) is 0 Å². The lowest BCUT2D eigenvalue weighted by Gasteiger charge is -2.17. The van der Waals surface area contributed by atoms with E-state index in [1.807, 2.05) is 48.5 Å². The minimum absolute atomic E-state index is 0.0325. The fraction of sp³-hybridized carbons (Fsp3) is 0.188. The number of alkyl halides is 1. The number of benzene rings is 2. The van der Waals surface area contributed by atoms with Crippen molar-refractivity contribution in [2.24, 2.45) is 0 Å². The number of anilines is 1. The van der Waals surface area contributed by atoms with Crippen molar-refractivity contribution in [1.29, 1.82) is 0 Å². The Balaban J connectivity index is 1.86. The average molecular weight is 334 g/mol. The van der Waals surface area contributed by atoms with E-state index < -0.39 is 0 Å². The van der Waals surface area contributed by atoms with E-state index in [9.17, 15) is 4.79 Å². The normalized spacial score (nSPS) is 11.7. The van der Waals surface area contributed by atoms with Crippen LogP contribution in [0.3, 0.4) is 0 Å². The number of rotatable bonds is 6. The summed E-state index contributed by atoms with van der Waals surface area (Å²) >= 11 is 3.43. The molecule has 0 bridgehead atoms. The Labute approximate surface area is 127 Å². The van der Waals surface area contributed by atoms with Gasteiger partial charge in [-0.15, -0.1) is 0 Å². The Morgan fingerprint density at radius 1 is 1.05 bits per heavy atom. The smallest absolute Gasteiger partial charge is 0.338 e. The molecule has 3 nitrogen and oxygen atoms in total. The molecule has 1 atom stereocenters. The zero-order valence-electron chi connectivity index (χ0n) is 11.0. The number of ether oxygens (including phenoxy) is 1. The van der Waals surface area contributed by atoms with Crippen molar-refractivity contribution in [2.75, 3.05) is 17.3 Å². The molecule has 0 saturated carbocycles. The molecule has 1 unspecified atom stereocenters. The Morgan fingerprint density at radius 3 is 2.25 bits per heavy atom. The van der Waals surface area contributed by atoms with Gasteiger partial charge >= 0.3 is 5.97 Å². The molecular weight excluding hydrogens is 318 g/mol. The highest BCUT2D eigenvalue weighted by Crippen LogP contribution is 2.09. The molecule has 0 aromatic heterocycles. The first-order valence-corrected chi connectivity index (χ1v) is 7.51. The van der Waals surface area contributed by atoms with Gasteiger partial charge in [-0.1, -0.05) is 52.3 Å². The van der Waals surface area contributed by atoms with Crippen molar-refractivity contribution in [1.82, 2.24) is 0 Å². The summed E-state index contributed by atoms with van der Waals surface area (Å²) in [7, 11) is 0.